The lowest BCUT2D eigenvalue weighted by atomic mass is 10.1. The van der Waals surface area contributed by atoms with Gasteiger partial charge >= 0.3 is 0 Å². The van der Waals surface area contributed by atoms with Gasteiger partial charge in [-0.1, -0.05) is 18.2 Å². The van der Waals surface area contributed by atoms with Gasteiger partial charge in [0.25, 0.3) is 0 Å². The Kier molecular flexibility index (Phi) is 5.09. The number of hydrogen-bond acceptors (Lipinski definition) is 7. The maximum atomic E-state index is 11.7. The first-order chi connectivity index (χ1) is 13.9. The lowest BCUT2D eigenvalue weighted by molar-refractivity contribution is 0.239. The summed E-state index contributed by atoms with van der Waals surface area (Å²) in [7, 11) is -3.40. The lowest BCUT2D eigenvalue weighted by Crippen LogP contribution is -2.31. The van der Waals surface area contributed by atoms with Crippen LogP contribution in [0.25, 0.3) is 11.3 Å². The predicted molar refractivity (Wildman–Crippen MR) is 107 cm³/mol. The monoisotopic (exact) mass is 405 g/mol. The molecule has 0 amide bonds. The molecular formula is C21H19N5O2S. The number of sulfone groups is 1. The van der Waals surface area contributed by atoms with Crippen LogP contribution in [0.15, 0.2) is 53.8 Å². The van der Waals surface area contributed by atoms with E-state index in [0.717, 1.165) is 41.0 Å². The number of nitrogens with zero attached hydrogens (tertiary/aromatic N) is 5. The Bertz CT molecular complexity index is 1220. The molecule has 0 fully saturated rings. The second kappa shape index (κ2) is 7.70. The van der Waals surface area contributed by atoms with E-state index in [1.807, 2.05) is 36.4 Å². The average Bonchev–Trinajstić information content (AvgIpc) is 2.73. The molecule has 0 atom stereocenters. The molecule has 3 heterocycles. The molecule has 4 rings (SSSR count). The van der Waals surface area contributed by atoms with Crippen molar-refractivity contribution in [3.05, 3.63) is 71.2 Å². The number of aromatic nitrogens is 3. The van der Waals surface area contributed by atoms with Gasteiger partial charge in [-0.15, -0.1) is 0 Å². The highest BCUT2D eigenvalue weighted by Gasteiger charge is 2.21. The van der Waals surface area contributed by atoms with E-state index in [0.29, 0.717) is 25.1 Å². The fraction of sp³-hybridized carbons (Fsp3) is 0.238. The quantitative estimate of drug-likeness (QED) is 0.614. The maximum absolute atomic E-state index is 11.7. The molecule has 0 saturated carbocycles. The van der Waals surface area contributed by atoms with Crippen LogP contribution in [0.2, 0.25) is 0 Å². The first kappa shape index (κ1) is 19.2. The van der Waals surface area contributed by atoms with Gasteiger partial charge in [0.05, 0.1) is 28.7 Å². The molecule has 29 heavy (non-hydrogen) atoms. The van der Waals surface area contributed by atoms with Gasteiger partial charge in [0.2, 0.25) is 15.0 Å². The standard InChI is InChI=1S/C21H19N5O2S/c1-29(27,28)21-23-12-17-13-26(9-8-20(17)25-21)14-18-6-3-7-19(24-18)16-5-2-4-15(10-16)11-22/h2-7,10,12H,8-9,13-14H2,1H3. The molecule has 2 aromatic heterocycles. The Morgan fingerprint density at radius 1 is 1.17 bits per heavy atom. The topological polar surface area (TPSA) is 99.8 Å². The molecular weight excluding hydrogens is 386 g/mol. The summed E-state index contributed by atoms with van der Waals surface area (Å²) in [6, 6.07) is 15.4. The van der Waals surface area contributed by atoms with Gasteiger partial charge in [-0.3, -0.25) is 9.88 Å². The van der Waals surface area contributed by atoms with Crippen molar-refractivity contribution in [1.29, 1.82) is 5.26 Å². The lowest BCUT2D eigenvalue weighted by Gasteiger charge is -2.27. The first-order valence-corrected chi connectivity index (χ1v) is 11.1. The Balaban J connectivity index is 1.52. The van der Waals surface area contributed by atoms with Gasteiger partial charge in [-0.25, -0.2) is 18.4 Å². The summed E-state index contributed by atoms with van der Waals surface area (Å²) < 4.78 is 23.3. The average molecular weight is 405 g/mol. The van der Waals surface area contributed by atoms with E-state index < -0.39 is 9.84 Å². The summed E-state index contributed by atoms with van der Waals surface area (Å²) in [5, 5.41) is 8.99. The number of hydrogen-bond donors (Lipinski definition) is 0. The van der Waals surface area contributed by atoms with Crippen LogP contribution >= 0.6 is 0 Å². The molecule has 0 unspecified atom stereocenters. The summed E-state index contributed by atoms with van der Waals surface area (Å²) in [4.78, 5) is 15.2. The van der Waals surface area contributed by atoms with Crippen molar-refractivity contribution in [1.82, 2.24) is 19.9 Å². The molecule has 8 heteroatoms. The molecule has 3 aromatic rings. The van der Waals surface area contributed by atoms with E-state index in [1.165, 1.54) is 0 Å². The third kappa shape index (κ3) is 4.31. The minimum atomic E-state index is -3.40. The third-order valence-corrected chi connectivity index (χ3v) is 5.66. The van der Waals surface area contributed by atoms with Gasteiger partial charge in [-0.2, -0.15) is 5.26 Å². The van der Waals surface area contributed by atoms with Crippen LogP contribution in [-0.4, -0.2) is 41.1 Å². The van der Waals surface area contributed by atoms with Crippen LogP contribution in [0, 0.1) is 11.3 Å². The van der Waals surface area contributed by atoms with E-state index in [9.17, 15) is 8.42 Å². The van der Waals surface area contributed by atoms with Gasteiger partial charge in [0.15, 0.2) is 0 Å². The number of pyridine rings is 1. The highest BCUT2D eigenvalue weighted by atomic mass is 32.2. The van der Waals surface area contributed by atoms with Crippen LogP contribution in [0.5, 0.6) is 0 Å². The van der Waals surface area contributed by atoms with E-state index in [-0.39, 0.29) is 5.16 Å². The van der Waals surface area contributed by atoms with Crippen molar-refractivity contribution in [2.75, 3.05) is 12.8 Å². The van der Waals surface area contributed by atoms with Gasteiger partial charge < -0.3 is 0 Å². The molecule has 0 saturated heterocycles. The fourth-order valence-electron chi connectivity index (χ4n) is 3.38. The van der Waals surface area contributed by atoms with Gasteiger partial charge in [0, 0.05) is 49.6 Å². The third-order valence-electron chi connectivity index (χ3n) is 4.80. The van der Waals surface area contributed by atoms with E-state index in [1.54, 1.807) is 12.3 Å². The molecule has 0 N–H and O–H groups in total. The summed E-state index contributed by atoms with van der Waals surface area (Å²) >= 11 is 0. The molecule has 0 spiro atoms. The minimum Gasteiger partial charge on any atom is -0.293 e. The molecule has 0 aliphatic carbocycles. The van der Waals surface area contributed by atoms with Gasteiger partial charge in [0.1, 0.15) is 0 Å². The molecule has 1 aliphatic heterocycles. The van der Waals surface area contributed by atoms with Crippen LogP contribution < -0.4 is 0 Å². The van der Waals surface area contributed by atoms with Crippen molar-refractivity contribution in [3.8, 4) is 17.3 Å². The van der Waals surface area contributed by atoms with Crippen LogP contribution in [0.3, 0.4) is 0 Å². The molecule has 7 nitrogen and oxygen atoms in total. The van der Waals surface area contributed by atoms with E-state index in [4.69, 9.17) is 10.2 Å². The number of rotatable bonds is 4. The van der Waals surface area contributed by atoms with Crippen molar-refractivity contribution < 1.29 is 8.42 Å². The smallest absolute Gasteiger partial charge is 0.246 e. The van der Waals surface area contributed by atoms with Crippen molar-refractivity contribution in [2.24, 2.45) is 0 Å². The van der Waals surface area contributed by atoms with Gasteiger partial charge in [-0.05, 0) is 24.3 Å². The van der Waals surface area contributed by atoms with Crippen LogP contribution in [0.4, 0.5) is 0 Å². The fourth-order valence-corrected chi connectivity index (χ4v) is 3.90. The Hall–Kier alpha value is -3.15. The highest BCUT2D eigenvalue weighted by molar-refractivity contribution is 7.90. The molecule has 1 aromatic carbocycles. The van der Waals surface area contributed by atoms with Crippen molar-refractivity contribution >= 4 is 9.84 Å². The Labute approximate surface area is 169 Å². The Morgan fingerprint density at radius 2 is 2.00 bits per heavy atom. The van der Waals surface area contributed by atoms with Crippen molar-refractivity contribution in [2.45, 2.75) is 24.7 Å². The number of nitriles is 1. The molecule has 0 radical (unpaired) electrons. The summed E-state index contributed by atoms with van der Waals surface area (Å²) in [6.45, 7) is 2.08. The zero-order valence-corrected chi connectivity index (χ0v) is 16.7. The number of fused-ring (bicyclic) bond motifs is 1. The predicted octanol–water partition coefficient (Wildman–Crippen LogP) is 2.37. The molecule has 0 bridgehead atoms. The zero-order chi connectivity index (χ0) is 20.4. The normalized spacial score (nSPS) is 14.2. The van der Waals surface area contributed by atoms with Crippen LogP contribution in [0.1, 0.15) is 22.5 Å². The molecule has 1 aliphatic rings. The largest absolute Gasteiger partial charge is 0.293 e. The first-order valence-electron chi connectivity index (χ1n) is 9.16. The van der Waals surface area contributed by atoms with Crippen LogP contribution in [-0.2, 0) is 29.3 Å². The maximum Gasteiger partial charge on any atom is 0.246 e. The zero-order valence-electron chi connectivity index (χ0n) is 15.9. The Morgan fingerprint density at radius 3 is 2.79 bits per heavy atom. The van der Waals surface area contributed by atoms with Crippen molar-refractivity contribution in [3.63, 3.8) is 0 Å². The second-order valence-electron chi connectivity index (χ2n) is 7.06. The summed E-state index contributed by atoms with van der Waals surface area (Å²) in [5.74, 6) is 0. The van der Waals surface area contributed by atoms with E-state index in [2.05, 4.69) is 20.9 Å². The summed E-state index contributed by atoms with van der Waals surface area (Å²) in [5.41, 5.74) is 5.03. The molecule has 146 valence electrons. The summed E-state index contributed by atoms with van der Waals surface area (Å²) in [6.07, 6.45) is 3.40. The van der Waals surface area contributed by atoms with E-state index >= 15 is 0 Å². The second-order valence-corrected chi connectivity index (χ2v) is 8.97. The SMILES string of the molecule is CS(=O)(=O)c1ncc2c(n1)CCN(Cc1cccc(-c3cccc(C#N)c3)n1)C2. The minimum absolute atomic E-state index is 0.112. The highest BCUT2D eigenvalue weighted by Crippen LogP contribution is 2.22. The number of benzene rings is 1.